The number of benzene rings is 2. The van der Waals surface area contributed by atoms with Crippen molar-refractivity contribution in [3.8, 4) is 5.75 Å². The Morgan fingerprint density at radius 3 is 2.40 bits per heavy atom. The Labute approximate surface area is 121 Å². The summed E-state index contributed by atoms with van der Waals surface area (Å²) in [5, 5.41) is 0. The predicted octanol–water partition coefficient (Wildman–Crippen LogP) is 4.11. The first-order valence-electron chi connectivity index (χ1n) is 7.28. The van der Waals surface area contributed by atoms with Gasteiger partial charge in [-0.3, -0.25) is 0 Å². The van der Waals surface area contributed by atoms with Crippen molar-refractivity contribution in [3.63, 3.8) is 0 Å². The highest BCUT2D eigenvalue weighted by molar-refractivity contribution is 5.35. The van der Waals surface area contributed by atoms with E-state index < -0.39 is 0 Å². The van der Waals surface area contributed by atoms with E-state index in [1.54, 1.807) is 0 Å². The first kappa shape index (κ1) is 14.6. The van der Waals surface area contributed by atoms with Crippen LogP contribution in [0.25, 0.3) is 0 Å². The standard InChI is InChI=1S/C18H23NO/c1-15(19)17-12-5-6-13-18(17)20-14-8-7-11-16-9-3-2-4-10-16/h2-6,9-10,12-13,15H,7-8,11,14,19H2,1H3. The van der Waals surface area contributed by atoms with E-state index in [0.29, 0.717) is 0 Å². The molecule has 0 heterocycles. The van der Waals surface area contributed by atoms with E-state index in [2.05, 4.69) is 30.3 Å². The highest BCUT2D eigenvalue weighted by Crippen LogP contribution is 2.23. The van der Waals surface area contributed by atoms with Crippen LogP contribution in [-0.2, 0) is 6.42 Å². The van der Waals surface area contributed by atoms with Gasteiger partial charge in [-0.05, 0) is 37.8 Å². The van der Waals surface area contributed by atoms with Crippen LogP contribution in [0.3, 0.4) is 0 Å². The Kier molecular flexibility index (Phi) is 5.63. The van der Waals surface area contributed by atoms with Crippen molar-refractivity contribution < 1.29 is 4.74 Å². The summed E-state index contributed by atoms with van der Waals surface area (Å²) >= 11 is 0. The molecular formula is C18H23NO. The number of nitrogens with two attached hydrogens (primary N) is 1. The first-order chi connectivity index (χ1) is 9.77. The van der Waals surface area contributed by atoms with Crippen molar-refractivity contribution in [1.82, 2.24) is 0 Å². The number of hydrogen-bond donors (Lipinski definition) is 1. The average molecular weight is 269 g/mol. The van der Waals surface area contributed by atoms with Gasteiger partial charge in [-0.1, -0.05) is 48.5 Å². The molecule has 106 valence electrons. The fraction of sp³-hybridized carbons (Fsp3) is 0.333. The van der Waals surface area contributed by atoms with Gasteiger partial charge in [0.15, 0.2) is 0 Å². The second-order valence-corrected chi connectivity index (χ2v) is 5.12. The molecular weight excluding hydrogens is 246 g/mol. The van der Waals surface area contributed by atoms with Gasteiger partial charge in [0.2, 0.25) is 0 Å². The third-order valence-electron chi connectivity index (χ3n) is 3.37. The molecule has 0 aromatic heterocycles. The zero-order valence-electron chi connectivity index (χ0n) is 12.1. The number of hydrogen-bond acceptors (Lipinski definition) is 2. The van der Waals surface area contributed by atoms with Crippen LogP contribution in [0.2, 0.25) is 0 Å². The summed E-state index contributed by atoms with van der Waals surface area (Å²) in [5.74, 6) is 0.919. The molecule has 0 saturated heterocycles. The minimum absolute atomic E-state index is 0.00974. The summed E-state index contributed by atoms with van der Waals surface area (Å²) in [4.78, 5) is 0. The molecule has 1 unspecified atom stereocenters. The lowest BCUT2D eigenvalue weighted by molar-refractivity contribution is 0.302. The molecule has 2 aromatic carbocycles. The lowest BCUT2D eigenvalue weighted by atomic mass is 10.1. The van der Waals surface area contributed by atoms with Crippen LogP contribution in [0.4, 0.5) is 0 Å². The Morgan fingerprint density at radius 2 is 1.65 bits per heavy atom. The smallest absolute Gasteiger partial charge is 0.124 e. The van der Waals surface area contributed by atoms with Gasteiger partial charge in [0.25, 0.3) is 0 Å². The zero-order chi connectivity index (χ0) is 14.2. The fourth-order valence-electron chi connectivity index (χ4n) is 2.25. The summed E-state index contributed by atoms with van der Waals surface area (Å²) in [6.45, 7) is 2.73. The molecule has 0 aliphatic rings. The van der Waals surface area contributed by atoms with Gasteiger partial charge in [0.1, 0.15) is 5.75 Å². The van der Waals surface area contributed by atoms with Gasteiger partial charge >= 0.3 is 0 Å². The largest absolute Gasteiger partial charge is 0.493 e. The minimum Gasteiger partial charge on any atom is -0.493 e. The molecule has 0 bridgehead atoms. The molecule has 0 radical (unpaired) electrons. The highest BCUT2D eigenvalue weighted by atomic mass is 16.5. The van der Waals surface area contributed by atoms with E-state index in [9.17, 15) is 0 Å². The summed E-state index contributed by atoms with van der Waals surface area (Å²) in [6.07, 6.45) is 3.31. The SMILES string of the molecule is CC(N)c1ccccc1OCCCCc1ccccc1. The van der Waals surface area contributed by atoms with Crippen molar-refractivity contribution >= 4 is 0 Å². The molecule has 0 fully saturated rings. The second-order valence-electron chi connectivity index (χ2n) is 5.12. The van der Waals surface area contributed by atoms with Crippen LogP contribution in [0.1, 0.15) is 36.9 Å². The van der Waals surface area contributed by atoms with E-state index in [-0.39, 0.29) is 6.04 Å². The topological polar surface area (TPSA) is 35.2 Å². The summed E-state index contributed by atoms with van der Waals surface area (Å²) in [6, 6.07) is 18.6. The highest BCUT2D eigenvalue weighted by Gasteiger charge is 2.06. The third kappa shape index (κ3) is 4.39. The van der Waals surface area contributed by atoms with Crippen LogP contribution < -0.4 is 10.5 Å². The quantitative estimate of drug-likeness (QED) is 0.768. The van der Waals surface area contributed by atoms with E-state index in [4.69, 9.17) is 10.5 Å². The van der Waals surface area contributed by atoms with Crippen molar-refractivity contribution in [2.24, 2.45) is 5.73 Å². The predicted molar refractivity (Wildman–Crippen MR) is 83.9 cm³/mol. The molecule has 2 nitrogen and oxygen atoms in total. The van der Waals surface area contributed by atoms with Crippen molar-refractivity contribution in [2.75, 3.05) is 6.61 Å². The maximum absolute atomic E-state index is 5.94. The van der Waals surface area contributed by atoms with Gasteiger partial charge in [0, 0.05) is 11.6 Å². The molecule has 0 aliphatic heterocycles. The molecule has 0 amide bonds. The number of rotatable bonds is 7. The Hall–Kier alpha value is -1.80. The summed E-state index contributed by atoms with van der Waals surface area (Å²) in [7, 11) is 0. The van der Waals surface area contributed by atoms with Gasteiger partial charge in [-0.25, -0.2) is 0 Å². The molecule has 2 heteroatoms. The normalized spacial score (nSPS) is 12.1. The van der Waals surface area contributed by atoms with Gasteiger partial charge in [-0.2, -0.15) is 0 Å². The number of aryl methyl sites for hydroxylation is 1. The zero-order valence-corrected chi connectivity index (χ0v) is 12.1. The first-order valence-corrected chi connectivity index (χ1v) is 7.28. The van der Waals surface area contributed by atoms with Crippen molar-refractivity contribution in [2.45, 2.75) is 32.2 Å². The summed E-state index contributed by atoms with van der Waals surface area (Å²) < 4.78 is 5.86. The van der Waals surface area contributed by atoms with Crippen LogP contribution in [0.5, 0.6) is 5.75 Å². The van der Waals surface area contributed by atoms with Crippen molar-refractivity contribution in [1.29, 1.82) is 0 Å². The summed E-state index contributed by atoms with van der Waals surface area (Å²) in [5.41, 5.74) is 8.41. The van der Waals surface area contributed by atoms with Crippen LogP contribution >= 0.6 is 0 Å². The van der Waals surface area contributed by atoms with E-state index in [0.717, 1.165) is 37.2 Å². The van der Waals surface area contributed by atoms with E-state index in [1.165, 1.54) is 5.56 Å². The molecule has 1 atom stereocenters. The molecule has 2 aromatic rings. The second kappa shape index (κ2) is 7.71. The number of para-hydroxylation sites is 1. The Morgan fingerprint density at radius 1 is 0.950 bits per heavy atom. The lowest BCUT2D eigenvalue weighted by Crippen LogP contribution is -2.08. The molecule has 2 rings (SSSR count). The maximum atomic E-state index is 5.94. The van der Waals surface area contributed by atoms with E-state index >= 15 is 0 Å². The van der Waals surface area contributed by atoms with Crippen LogP contribution in [-0.4, -0.2) is 6.61 Å². The van der Waals surface area contributed by atoms with Gasteiger partial charge in [0.05, 0.1) is 6.61 Å². The lowest BCUT2D eigenvalue weighted by Gasteiger charge is -2.13. The van der Waals surface area contributed by atoms with Crippen molar-refractivity contribution in [3.05, 3.63) is 65.7 Å². The number of ether oxygens (including phenoxy) is 1. The Balaban J connectivity index is 1.74. The van der Waals surface area contributed by atoms with Gasteiger partial charge in [-0.15, -0.1) is 0 Å². The molecule has 2 N–H and O–H groups in total. The van der Waals surface area contributed by atoms with Crippen LogP contribution in [0.15, 0.2) is 54.6 Å². The maximum Gasteiger partial charge on any atom is 0.124 e. The fourth-order valence-corrected chi connectivity index (χ4v) is 2.25. The monoisotopic (exact) mass is 269 g/mol. The molecule has 20 heavy (non-hydrogen) atoms. The van der Waals surface area contributed by atoms with Gasteiger partial charge < -0.3 is 10.5 Å². The van der Waals surface area contributed by atoms with Crippen LogP contribution in [0, 0.1) is 0 Å². The molecule has 0 spiro atoms. The van der Waals surface area contributed by atoms with E-state index in [1.807, 2.05) is 31.2 Å². The third-order valence-corrected chi connectivity index (χ3v) is 3.37. The Bertz CT molecular complexity index is 508. The minimum atomic E-state index is 0.00974. The molecule has 0 saturated carbocycles. The molecule has 0 aliphatic carbocycles. The average Bonchev–Trinajstić information content (AvgIpc) is 2.48. The number of unbranched alkanes of at least 4 members (excludes halogenated alkanes) is 1.